The van der Waals surface area contributed by atoms with Crippen molar-refractivity contribution >= 4 is 10.9 Å². The minimum atomic E-state index is 0.159. The molecule has 0 aliphatic carbocycles. The van der Waals surface area contributed by atoms with E-state index in [1.807, 2.05) is 33.0 Å². The number of aryl methyl sites for hydroxylation is 1. The summed E-state index contributed by atoms with van der Waals surface area (Å²) in [5, 5.41) is 10.1. The van der Waals surface area contributed by atoms with E-state index in [2.05, 4.69) is 23.6 Å². The lowest BCUT2D eigenvalue weighted by Crippen LogP contribution is -2.05. The van der Waals surface area contributed by atoms with Gasteiger partial charge in [0.25, 0.3) is 0 Å². The molecule has 0 fully saturated rings. The number of hydrogen-bond donors (Lipinski definition) is 0. The molecular weight excluding hydrogens is 224 g/mol. The molecule has 1 aromatic heterocycles. The Morgan fingerprint density at radius 2 is 2.11 bits per heavy atom. The summed E-state index contributed by atoms with van der Waals surface area (Å²) in [7, 11) is 2.03. The molecule has 3 heteroatoms. The fourth-order valence-corrected chi connectivity index (χ4v) is 2.28. The first-order valence-electron chi connectivity index (χ1n) is 6.16. The van der Waals surface area contributed by atoms with Crippen molar-refractivity contribution in [3.63, 3.8) is 0 Å². The summed E-state index contributed by atoms with van der Waals surface area (Å²) in [4.78, 5) is 0. The second kappa shape index (κ2) is 4.73. The molecule has 0 bridgehead atoms. The summed E-state index contributed by atoms with van der Waals surface area (Å²) in [6.45, 7) is 6.07. The summed E-state index contributed by atoms with van der Waals surface area (Å²) < 4.78 is 7.84. The van der Waals surface area contributed by atoms with Crippen LogP contribution in [0.3, 0.4) is 0 Å². The Bertz CT molecular complexity index is 617. The first kappa shape index (κ1) is 12.5. The third-order valence-corrected chi connectivity index (χ3v) is 3.22. The molecule has 18 heavy (non-hydrogen) atoms. The van der Waals surface area contributed by atoms with Crippen LogP contribution in [0.25, 0.3) is 10.9 Å². The molecule has 0 saturated carbocycles. The average Bonchev–Trinajstić information content (AvgIpc) is 2.54. The Labute approximate surface area is 108 Å². The maximum absolute atomic E-state index is 8.94. The third kappa shape index (κ3) is 2.06. The number of nitrogens with zero attached hydrogens (tertiary/aromatic N) is 2. The molecule has 0 saturated heterocycles. The van der Waals surface area contributed by atoms with E-state index >= 15 is 0 Å². The molecule has 0 amide bonds. The van der Waals surface area contributed by atoms with E-state index < -0.39 is 0 Å². The normalized spacial score (nSPS) is 10.9. The van der Waals surface area contributed by atoms with Crippen LogP contribution in [-0.2, 0) is 13.5 Å². The van der Waals surface area contributed by atoms with Gasteiger partial charge in [-0.15, -0.1) is 0 Å². The van der Waals surface area contributed by atoms with Crippen LogP contribution in [-0.4, -0.2) is 10.7 Å². The Morgan fingerprint density at radius 1 is 1.39 bits per heavy atom. The van der Waals surface area contributed by atoms with Crippen LogP contribution in [0, 0.1) is 18.3 Å². The topological polar surface area (TPSA) is 37.9 Å². The molecule has 2 rings (SSSR count). The Kier molecular flexibility index (Phi) is 3.29. The molecule has 2 aromatic rings. The molecule has 0 unspecified atom stereocenters. The van der Waals surface area contributed by atoms with Crippen LogP contribution in [0.1, 0.15) is 25.1 Å². The van der Waals surface area contributed by atoms with Gasteiger partial charge in [0.05, 0.1) is 18.6 Å². The SMILES string of the molecule is Cc1c(CC#N)c2cc(OC(C)C)ccc2n1C. The summed E-state index contributed by atoms with van der Waals surface area (Å²) in [6, 6.07) is 8.31. The standard InChI is InChI=1S/C15H18N2O/c1-10(2)18-12-5-6-15-14(9-12)13(7-8-16)11(3)17(15)4/h5-6,9-10H,7H2,1-4H3. The van der Waals surface area contributed by atoms with Crippen molar-refractivity contribution < 1.29 is 4.74 Å². The highest BCUT2D eigenvalue weighted by molar-refractivity contribution is 5.87. The van der Waals surface area contributed by atoms with Gasteiger partial charge in [-0.3, -0.25) is 0 Å². The van der Waals surface area contributed by atoms with E-state index in [9.17, 15) is 0 Å². The van der Waals surface area contributed by atoms with Gasteiger partial charge in [-0.2, -0.15) is 5.26 Å². The van der Waals surface area contributed by atoms with Crippen molar-refractivity contribution in [2.75, 3.05) is 0 Å². The lowest BCUT2D eigenvalue weighted by Gasteiger charge is -2.09. The van der Waals surface area contributed by atoms with E-state index in [1.165, 1.54) is 0 Å². The Morgan fingerprint density at radius 3 is 2.72 bits per heavy atom. The van der Waals surface area contributed by atoms with Gasteiger partial charge in [0, 0.05) is 23.6 Å². The third-order valence-electron chi connectivity index (χ3n) is 3.22. The summed E-state index contributed by atoms with van der Waals surface area (Å²) in [5.41, 5.74) is 3.39. The van der Waals surface area contributed by atoms with Gasteiger partial charge >= 0.3 is 0 Å². The lowest BCUT2D eigenvalue weighted by molar-refractivity contribution is 0.243. The van der Waals surface area contributed by atoms with E-state index in [4.69, 9.17) is 10.00 Å². The molecule has 0 aliphatic rings. The smallest absolute Gasteiger partial charge is 0.120 e. The fraction of sp³-hybridized carbons (Fsp3) is 0.400. The van der Waals surface area contributed by atoms with Crippen molar-refractivity contribution in [2.24, 2.45) is 7.05 Å². The van der Waals surface area contributed by atoms with Crippen molar-refractivity contribution in [1.82, 2.24) is 4.57 Å². The van der Waals surface area contributed by atoms with Gasteiger partial charge in [0.1, 0.15) is 5.75 Å². The minimum absolute atomic E-state index is 0.159. The molecule has 1 aromatic carbocycles. The molecule has 0 aliphatic heterocycles. The highest BCUT2D eigenvalue weighted by Gasteiger charge is 2.12. The van der Waals surface area contributed by atoms with Crippen molar-refractivity contribution in [1.29, 1.82) is 5.26 Å². The Balaban J connectivity index is 2.60. The monoisotopic (exact) mass is 242 g/mol. The second-order valence-corrected chi connectivity index (χ2v) is 4.80. The molecule has 0 N–H and O–H groups in total. The van der Waals surface area contributed by atoms with Gasteiger partial charge in [-0.1, -0.05) is 0 Å². The number of nitriles is 1. The van der Waals surface area contributed by atoms with Crippen molar-refractivity contribution in [3.05, 3.63) is 29.5 Å². The highest BCUT2D eigenvalue weighted by atomic mass is 16.5. The zero-order valence-corrected chi connectivity index (χ0v) is 11.3. The molecular formula is C15H18N2O. The number of fused-ring (bicyclic) bond motifs is 1. The first-order chi connectivity index (χ1) is 8.54. The van der Waals surface area contributed by atoms with Gasteiger partial charge < -0.3 is 9.30 Å². The number of ether oxygens (including phenoxy) is 1. The largest absolute Gasteiger partial charge is 0.491 e. The first-order valence-corrected chi connectivity index (χ1v) is 6.16. The van der Waals surface area contributed by atoms with E-state index in [0.717, 1.165) is 27.9 Å². The van der Waals surface area contributed by atoms with E-state index in [0.29, 0.717) is 6.42 Å². The predicted molar refractivity (Wildman–Crippen MR) is 72.7 cm³/mol. The average molecular weight is 242 g/mol. The Hall–Kier alpha value is -1.95. The quantitative estimate of drug-likeness (QED) is 0.827. The van der Waals surface area contributed by atoms with Crippen LogP contribution in [0.5, 0.6) is 5.75 Å². The number of hydrogen-bond acceptors (Lipinski definition) is 2. The van der Waals surface area contributed by atoms with E-state index in [-0.39, 0.29) is 6.10 Å². The van der Waals surface area contributed by atoms with E-state index in [1.54, 1.807) is 0 Å². The van der Waals surface area contributed by atoms with Crippen LogP contribution in [0.15, 0.2) is 18.2 Å². The summed E-state index contributed by atoms with van der Waals surface area (Å²) in [5.74, 6) is 0.863. The zero-order valence-electron chi connectivity index (χ0n) is 11.3. The maximum Gasteiger partial charge on any atom is 0.120 e. The summed E-state index contributed by atoms with van der Waals surface area (Å²) >= 11 is 0. The summed E-state index contributed by atoms with van der Waals surface area (Å²) in [6.07, 6.45) is 0.598. The minimum Gasteiger partial charge on any atom is -0.491 e. The van der Waals surface area contributed by atoms with Crippen molar-refractivity contribution in [3.8, 4) is 11.8 Å². The zero-order chi connectivity index (χ0) is 13.3. The van der Waals surface area contributed by atoms with Crippen molar-refractivity contribution in [2.45, 2.75) is 33.3 Å². The van der Waals surface area contributed by atoms with Gasteiger partial charge in [0.15, 0.2) is 0 Å². The molecule has 0 radical (unpaired) electrons. The molecule has 0 spiro atoms. The van der Waals surface area contributed by atoms with Crippen LogP contribution >= 0.6 is 0 Å². The molecule has 0 atom stereocenters. The number of benzene rings is 1. The molecule has 94 valence electrons. The van der Waals surface area contributed by atoms with Crippen LogP contribution < -0.4 is 4.74 Å². The van der Waals surface area contributed by atoms with Crippen LogP contribution in [0.4, 0.5) is 0 Å². The molecule has 1 heterocycles. The number of rotatable bonds is 3. The lowest BCUT2D eigenvalue weighted by atomic mass is 10.1. The number of aromatic nitrogens is 1. The van der Waals surface area contributed by atoms with Gasteiger partial charge in [-0.25, -0.2) is 0 Å². The second-order valence-electron chi connectivity index (χ2n) is 4.80. The maximum atomic E-state index is 8.94. The van der Waals surface area contributed by atoms with Gasteiger partial charge in [0.2, 0.25) is 0 Å². The fourth-order valence-electron chi connectivity index (χ4n) is 2.28. The highest BCUT2D eigenvalue weighted by Crippen LogP contribution is 2.29. The molecule has 3 nitrogen and oxygen atoms in total. The van der Waals surface area contributed by atoms with Crippen LogP contribution in [0.2, 0.25) is 0 Å². The van der Waals surface area contributed by atoms with Gasteiger partial charge in [-0.05, 0) is 44.5 Å². The predicted octanol–water partition coefficient (Wildman–Crippen LogP) is 3.34.